The number of benzene rings is 13. The lowest BCUT2D eigenvalue weighted by Gasteiger charge is -1.99. The molecule has 0 amide bonds. The number of rotatable bonds is 0. The number of nitrogens with zero attached hydrogens (tertiary/aromatic N) is 10. The van der Waals surface area contributed by atoms with Gasteiger partial charge < -0.3 is 4.42 Å². The SMILES string of the molecule is c1cc2sccc2s1.c1ccc2c(c1)sc1c3ccccc3sc21.c1ccc2cc3c(cc2c1)sc1c2cc4ccccc4cc2sc31.c1ccc2cnccc2c1.c1ccc2nc3ccccc3cc2c1.c1ccc2nc3ccccc3nc2c1.c1ccc2ncccc2c1.c1ccc2nccnc2c1.c1ccoc1.c1ccsc1.c1cscn1.c1nc2scnc2s1. The molecule has 29 rings (SSSR count). The second-order valence-electron chi connectivity index (χ2n) is 28.3. The molecule has 0 bridgehead atoms. The van der Waals surface area contributed by atoms with E-state index in [1.807, 2.05) is 267 Å². The Bertz CT molecular complexity index is 7410. The third kappa shape index (κ3) is 22.0. The molecule has 0 atom stereocenters. The Morgan fingerprint density at radius 1 is 0.202 bits per heavy atom. The number of thiazole rings is 3. The molecule has 0 aliphatic carbocycles. The van der Waals surface area contributed by atoms with Crippen LogP contribution in [0.5, 0.6) is 0 Å². The first-order valence-electron chi connectivity index (χ1n) is 40.9. The highest BCUT2D eigenvalue weighted by molar-refractivity contribution is 7.37. The Hall–Kier alpha value is -14.0. The molecular formula is C108H74N10OS10. The summed E-state index contributed by atoms with van der Waals surface area (Å²) in [4.78, 5) is 44.0. The zero-order valence-electron chi connectivity index (χ0n) is 68.7. The number of para-hydroxylation sites is 9. The van der Waals surface area contributed by atoms with Crippen molar-refractivity contribution in [3.05, 3.63) is 445 Å². The Labute approximate surface area is 781 Å². The fourth-order valence-electron chi connectivity index (χ4n) is 13.9. The van der Waals surface area contributed by atoms with Gasteiger partial charge in [0.1, 0.15) is 0 Å². The average molecular weight is 1850 g/mol. The van der Waals surface area contributed by atoms with E-state index in [1.165, 1.54) is 117 Å². The molecule has 622 valence electrons. The molecule has 16 heterocycles. The van der Waals surface area contributed by atoms with Gasteiger partial charge in [0.25, 0.3) is 0 Å². The van der Waals surface area contributed by atoms with Gasteiger partial charge in [0.15, 0.2) is 9.66 Å². The molecule has 13 aromatic carbocycles. The van der Waals surface area contributed by atoms with Crippen molar-refractivity contribution in [1.82, 2.24) is 49.8 Å². The molecule has 29 aromatic rings. The van der Waals surface area contributed by atoms with Gasteiger partial charge in [-0.3, -0.25) is 24.9 Å². The van der Waals surface area contributed by atoms with Crippen molar-refractivity contribution in [3.8, 4) is 0 Å². The summed E-state index contributed by atoms with van der Waals surface area (Å²) in [6, 6.07) is 121. The maximum Gasteiger partial charge on any atom is 0.154 e. The van der Waals surface area contributed by atoms with Crippen LogP contribution in [0.1, 0.15) is 0 Å². The number of hydrogen-bond acceptors (Lipinski definition) is 21. The minimum Gasteiger partial charge on any atom is -0.473 e. The molecule has 16 aromatic heterocycles. The van der Waals surface area contributed by atoms with Crippen LogP contribution in [0.2, 0.25) is 0 Å². The topological polar surface area (TPSA) is 142 Å². The molecule has 0 radical (unpaired) electrons. The maximum atomic E-state index is 4.58. The van der Waals surface area contributed by atoms with E-state index < -0.39 is 0 Å². The van der Waals surface area contributed by atoms with Gasteiger partial charge in [0.2, 0.25) is 0 Å². The Kier molecular flexibility index (Phi) is 28.9. The highest BCUT2D eigenvalue weighted by atomic mass is 32.1. The second kappa shape index (κ2) is 43.4. The number of fused-ring (bicyclic) bond motifs is 21. The smallest absolute Gasteiger partial charge is 0.154 e. The summed E-state index contributed by atoms with van der Waals surface area (Å²) in [5.74, 6) is 0. The van der Waals surface area contributed by atoms with Crippen LogP contribution in [-0.4, -0.2) is 49.8 Å². The standard InChI is InChI=1S/C22H12S2.C14H8S2.C13H9N.C12H8N2.2C9H7N.C8H6N2.C6H4S2.C4H2N2S2.C4H4O.C4H4S.C3H3NS/c1-3-7-15-11-19-17(9-13(15)5-1)21-22(23-19)18-10-14-6-2-4-8-16(14)12-20(18)24-21;1-3-7-11-9(5-1)13-14(15-11)10-6-2-4-8-12(10)16-13;1-3-7-12-10(5-1)9-11-6-2-4-8-13(11)14-12;1-2-6-10-9(5-1)13-11-7-3-4-8-12(11)14-10;1-2-6-9-8(4-1)5-3-7-10-9;1-2-4-9-7-10-6-5-8(9)3-1;1-2-4-8-7(3-1)9-5-6-10-8;1-3-7-6-2-4-8-5(1)6;1-5-3-4(7-1)6-2-8-3;2*1-2-4-5-3-1;1-2-5-3-4-1/h1-12H;1-8H;1-9H;1-8H;2*1-7H;1-6H;1-4H;1-2H;2*1-4H;1-3H. The number of pyridine rings is 3. The van der Waals surface area contributed by atoms with Crippen molar-refractivity contribution < 1.29 is 4.42 Å². The predicted octanol–water partition coefficient (Wildman–Crippen LogP) is 34.0. The van der Waals surface area contributed by atoms with Crippen molar-refractivity contribution in [1.29, 1.82) is 0 Å². The van der Waals surface area contributed by atoms with Crippen LogP contribution in [0, 0.1) is 0 Å². The monoisotopic (exact) mass is 1850 g/mol. The fourth-order valence-corrected chi connectivity index (χ4v) is 23.3. The molecule has 0 unspecified atom stereocenters. The zero-order chi connectivity index (χ0) is 86.8. The van der Waals surface area contributed by atoms with Gasteiger partial charge in [0.05, 0.1) is 97.5 Å². The maximum absolute atomic E-state index is 4.58. The van der Waals surface area contributed by atoms with E-state index in [4.69, 9.17) is 0 Å². The van der Waals surface area contributed by atoms with Gasteiger partial charge in [-0.15, -0.1) is 102 Å². The summed E-state index contributed by atoms with van der Waals surface area (Å²) in [6.07, 6.45) is 13.9. The van der Waals surface area contributed by atoms with Gasteiger partial charge in [-0.05, 0) is 187 Å². The minimum atomic E-state index is 0.949. The molecule has 0 fully saturated rings. The Morgan fingerprint density at radius 3 is 1.04 bits per heavy atom. The summed E-state index contributed by atoms with van der Waals surface area (Å²) in [6.45, 7) is 0. The van der Waals surface area contributed by atoms with Crippen LogP contribution in [0.3, 0.4) is 0 Å². The van der Waals surface area contributed by atoms with Gasteiger partial charge >= 0.3 is 0 Å². The van der Waals surface area contributed by atoms with Gasteiger partial charge in [-0.25, -0.2) is 24.9 Å². The van der Waals surface area contributed by atoms with Crippen LogP contribution in [0.15, 0.2) is 449 Å². The van der Waals surface area contributed by atoms with Gasteiger partial charge in [-0.2, -0.15) is 11.3 Å². The van der Waals surface area contributed by atoms with Crippen molar-refractivity contribution >= 4 is 290 Å². The van der Waals surface area contributed by atoms with Crippen molar-refractivity contribution in [2.24, 2.45) is 0 Å². The third-order valence-corrected chi connectivity index (χ3v) is 29.6. The average Bonchev–Trinajstić information content (AvgIpc) is 1.58. The summed E-state index contributed by atoms with van der Waals surface area (Å²) in [5, 5.41) is 27.2. The summed E-state index contributed by atoms with van der Waals surface area (Å²) < 4.78 is 18.8. The Balaban J connectivity index is 0.0000000976. The van der Waals surface area contributed by atoms with Gasteiger partial charge in [0, 0.05) is 108 Å². The molecule has 0 aliphatic heterocycles. The lowest BCUT2D eigenvalue weighted by Crippen LogP contribution is -1.85. The molecule has 0 saturated carbocycles. The molecule has 0 aliphatic rings. The first kappa shape index (κ1) is 85.7. The highest BCUT2D eigenvalue weighted by Gasteiger charge is 2.15. The number of furan rings is 1. The molecule has 0 saturated heterocycles. The zero-order valence-corrected chi connectivity index (χ0v) is 76.9. The number of hydrogen-bond donors (Lipinski definition) is 0. The summed E-state index contributed by atoms with van der Waals surface area (Å²) in [5.41, 5.74) is 14.3. The molecule has 11 nitrogen and oxygen atoms in total. The molecule has 0 spiro atoms. The van der Waals surface area contributed by atoms with E-state index in [0.717, 1.165) is 59.3 Å². The molecule has 21 heteroatoms. The Morgan fingerprint density at radius 2 is 0.597 bits per heavy atom. The first-order chi connectivity index (χ1) is 64.0. The summed E-state index contributed by atoms with van der Waals surface area (Å²) in [7, 11) is 0. The van der Waals surface area contributed by atoms with Gasteiger partial charge in [-0.1, -0.05) is 218 Å². The van der Waals surface area contributed by atoms with Crippen molar-refractivity contribution in [3.63, 3.8) is 0 Å². The quantitative estimate of drug-likeness (QED) is 0.134. The fraction of sp³-hybridized carbons (Fsp3) is 0. The molecule has 0 N–H and O–H groups in total. The van der Waals surface area contributed by atoms with Crippen LogP contribution in [0.25, 0.3) is 176 Å². The molecular weight excluding hydrogens is 1770 g/mol. The normalized spacial score (nSPS) is 10.6. The van der Waals surface area contributed by atoms with E-state index in [9.17, 15) is 0 Å². The lowest BCUT2D eigenvalue weighted by atomic mass is 10.1. The van der Waals surface area contributed by atoms with Crippen LogP contribution >= 0.6 is 113 Å². The first-order valence-corrected chi connectivity index (χ1v) is 49.5. The van der Waals surface area contributed by atoms with E-state index in [-0.39, 0.29) is 0 Å². The van der Waals surface area contributed by atoms with Crippen LogP contribution in [-0.2, 0) is 0 Å². The van der Waals surface area contributed by atoms with Crippen LogP contribution in [0.4, 0.5) is 0 Å². The lowest BCUT2D eigenvalue weighted by molar-refractivity contribution is 0.567. The summed E-state index contributed by atoms with van der Waals surface area (Å²) >= 11 is 17.8. The van der Waals surface area contributed by atoms with E-state index in [1.54, 1.807) is 105 Å². The van der Waals surface area contributed by atoms with Crippen molar-refractivity contribution in [2.45, 2.75) is 0 Å². The molecule has 129 heavy (non-hydrogen) atoms. The second-order valence-corrected chi connectivity index (χ2v) is 37.6. The van der Waals surface area contributed by atoms with Crippen LogP contribution < -0.4 is 0 Å². The van der Waals surface area contributed by atoms with E-state index >= 15 is 0 Å². The highest BCUT2D eigenvalue weighted by Crippen LogP contribution is 2.47. The van der Waals surface area contributed by atoms with E-state index in [2.05, 4.69) is 241 Å². The van der Waals surface area contributed by atoms with Crippen molar-refractivity contribution in [2.75, 3.05) is 0 Å². The predicted molar refractivity (Wildman–Crippen MR) is 564 cm³/mol. The number of aromatic nitrogens is 10. The minimum absolute atomic E-state index is 0.949. The number of thiophene rings is 7. The largest absolute Gasteiger partial charge is 0.473 e. The van der Waals surface area contributed by atoms with E-state index in [0.29, 0.717) is 0 Å². The third-order valence-electron chi connectivity index (χ3n) is 19.9.